The summed E-state index contributed by atoms with van der Waals surface area (Å²) < 4.78 is 33.7. The minimum atomic E-state index is -4.16. The van der Waals surface area contributed by atoms with Crippen molar-refractivity contribution >= 4 is 39.1 Å². The van der Waals surface area contributed by atoms with Crippen LogP contribution in [0.15, 0.2) is 83.8 Å². The summed E-state index contributed by atoms with van der Waals surface area (Å²) in [6.07, 6.45) is 0.496. The zero-order valence-corrected chi connectivity index (χ0v) is 23.2. The molecule has 3 aromatic rings. The molecule has 0 saturated carbocycles. The number of carbonyl (C=O) groups is 2. The third kappa shape index (κ3) is 7.05. The first-order valence-electron chi connectivity index (χ1n) is 12.2. The highest BCUT2D eigenvalue weighted by atomic mass is 35.5. The van der Waals surface area contributed by atoms with Crippen LogP contribution in [0.3, 0.4) is 0 Å². The van der Waals surface area contributed by atoms with Crippen LogP contribution in [-0.4, -0.2) is 57.9 Å². The highest BCUT2D eigenvalue weighted by molar-refractivity contribution is 7.92. The quantitative estimate of drug-likeness (QED) is 0.361. The predicted octanol–water partition coefficient (Wildman–Crippen LogP) is 4.14. The molecule has 1 atom stereocenters. The molecule has 1 N–H and O–H groups in total. The molecule has 0 bridgehead atoms. The highest BCUT2D eigenvalue weighted by Crippen LogP contribution is 2.32. The van der Waals surface area contributed by atoms with Gasteiger partial charge in [0, 0.05) is 13.1 Å². The molecule has 8 nitrogen and oxygen atoms in total. The summed E-state index contributed by atoms with van der Waals surface area (Å²) in [5.41, 5.74) is 1.19. The van der Waals surface area contributed by atoms with E-state index < -0.39 is 28.5 Å². The standard InChI is InChI=1S/C28H32ClN3O5S/c1-4-30-28(34)21(2)31(18-17-22-11-7-5-8-12-22)27(33)20-32(23-15-16-26(37-3)25(29)19-23)38(35,36)24-13-9-6-10-14-24/h5-16,19,21H,4,17-18,20H2,1-3H3,(H,30,34)/t21-/m1/s1. The maximum Gasteiger partial charge on any atom is 0.264 e. The predicted molar refractivity (Wildman–Crippen MR) is 149 cm³/mol. The van der Waals surface area contributed by atoms with E-state index in [0.29, 0.717) is 18.7 Å². The number of anilines is 1. The lowest BCUT2D eigenvalue weighted by molar-refractivity contribution is -0.138. The van der Waals surface area contributed by atoms with Crippen molar-refractivity contribution in [2.24, 2.45) is 0 Å². The van der Waals surface area contributed by atoms with Gasteiger partial charge < -0.3 is 15.0 Å². The molecule has 38 heavy (non-hydrogen) atoms. The van der Waals surface area contributed by atoms with Crippen LogP contribution < -0.4 is 14.4 Å². The molecule has 0 aliphatic carbocycles. The monoisotopic (exact) mass is 557 g/mol. The van der Waals surface area contributed by atoms with Crippen LogP contribution in [-0.2, 0) is 26.0 Å². The lowest BCUT2D eigenvalue weighted by atomic mass is 10.1. The van der Waals surface area contributed by atoms with E-state index in [-0.39, 0.29) is 28.1 Å². The number of halogens is 1. The Morgan fingerprint density at radius 2 is 1.63 bits per heavy atom. The van der Waals surface area contributed by atoms with Gasteiger partial charge in [0.05, 0.1) is 22.7 Å². The summed E-state index contributed by atoms with van der Waals surface area (Å²) >= 11 is 6.32. The number of methoxy groups -OCH3 is 1. The number of hydrogen-bond acceptors (Lipinski definition) is 5. The van der Waals surface area contributed by atoms with Gasteiger partial charge in [0.15, 0.2) is 0 Å². The van der Waals surface area contributed by atoms with E-state index in [2.05, 4.69) is 5.32 Å². The molecule has 202 valence electrons. The summed E-state index contributed by atoms with van der Waals surface area (Å²) in [4.78, 5) is 27.9. The van der Waals surface area contributed by atoms with Crippen LogP contribution in [0.5, 0.6) is 5.75 Å². The van der Waals surface area contributed by atoms with Crippen LogP contribution in [0.4, 0.5) is 5.69 Å². The normalized spacial score (nSPS) is 11.9. The summed E-state index contributed by atoms with van der Waals surface area (Å²) in [6, 6.07) is 21.1. The molecule has 10 heteroatoms. The van der Waals surface area contributed by atoms with Gasteiger partial charge in [0.1, 0.15) is 18.3 Å². The Balaban J connectivity index is 1.99. The summed E-state index contributed by atoms with van der Waals surface area (Å²) in [5.74, 6) is -0.474. The van der Waals surface area contributed by atoms with E-state index >= 15 is 0 Å². The van der Waals surface area contributed by atoms with Crippen molar-refractivity contribution in [1.82, 2.24) is 10.2 Å². The fourth-order valence-corrected chi connectivity index (χ4v) is 5.63. The smallest absolute Gasteiger partial charge is 0.264 e. The third-order valence-corrected chi connectivity index (χ3v) is 8.12. The summed E-state index contributed by atoms with van der Waals surface area (Å²) in [7, 11) is -2.70. The van der Waals surface area contributed by atoms with Crippen LogP contribution in [0.1, 0.15) is 19.4 Å². The van der Waals surface area contributed by atoms with Crippen LogP contribution in [0.25, 0.3) is 0 Å². The second kappa shape index (κ2) is 13.3. The number of nitrogens with zero attached hydrogens (tertiary/aromatic N) is 2. The molecular formula is C28H32ClN3O5S. The van der Waals surface area contributed by atoms with Gasteiger partial charge in [0.25, 0.3) is 10.0 Å². The maximum absolute atomic E-state index is 13.8. The number of amides is 2. The fourth-order valence-electron chi connectivity index (χ4n) is 3.95. The van der Waals surface area contributed by atoms with Crippen molar-refractivity contribution in [3.63, 3.8) is 0 Å². The van der Waals surface area contributed by atoms with E-state index in [1.54, 1.807) is 38.1 Å². The number of rotatable bonds is 12. The second-order valence-corrected chi connectivity index (χ2v) is 10.8. The Labute approximate surface area is 229 Å². The number of nitrogens with one attached hydrogen (secondary N) is 1. The van der Waals surface area contributed by atoms with Crippen molar-refractivity contribution in [2.75, 3.05) is 31.0 Å². The first-order valence-corrected chi connectivity index (χ1v) is 14.0. The number of benzene rings is 3. The minimum Gasteiger partial charge on any atom is -0.495 e. The van der Waals surface area contributed by atoms with Gasteiger partial charge in [-0.25, -0.2) is 8.42 Å². The molecule has 0 aliphatic rings. The van der Waals surface area contributed by atoms with Crippen molar-refractivity contribution in [3.8, 4) is 5.75 Å². The van der Waals surface area contributed by atoms with Gasteiger partial charge >= 0.3 is 0 Å². The van der Waals surface area contributed by atoms with E-state index in [9.17, 15) is 18.0 Å². The minimum absolute atomic E-state index is 0.0207. The molecule has 0 saturated heterocycles. The molecule has 0 spiro atoms. The van der Waals surface area contributed by atoms with E-state index in [1.807, 2.05) is 30.3 Å². The lowest BCUT2D eigenvalue weighted by Gasteiger charge is -2.32. The van der Waals surface area contributed by atoms with Gasteiger partial charge in [0.2, 0.25) is 11.8 Å². The van der Waals surface area contributed by atoms with Crippen molar-refractivity contribution < 1.29 is 22.7 Å². The summed E-state index contributed by atoms with van der Waals surface area (Å²) in [6.45, 7) is 3.53. The Bertz CT molecular complexity index is 1340. The highest BCUT2D eigenvalue weighted by Gasteiger charge is 2.32. The van der Waals surface area contributed by atoms with Gasteiger partial charge in [-0.05, 0) is 56.2 Å². The Morgan fingerprint density at radius 1 is 1.00 bits per heavy atom. The molecule has 0 heterocycles. The van der Waals surface area contributed by atoms with E-state index in [4.69, 9.17) is 16.3 Å². The second-order valence-electron chi connectivity index (χ2n) is 8.54. The van der Waals surface area contributed by atoms with Gasteiger partial charge in [-0.3, -0.25) is 13.9 Å². The van der Waals surface area contributed by atoms with Gasteiger partial charge in [-0.1, -0.05) is 60.1 Å². The van der Waals surface area contributed by atoms with Gasteiger partial charge in [-0.2, -0.15) is 0 Å². The average Bonchev–Trinajstić information content (AvgIpc) is 2.92. The van der Waals surface area contributed by atoms with Crippen molar-refractivity contribution in [3.05, 3.63) is 89.4 Å². The van der Waals surface area contributed by atoms with E-state index in [0.717, 1.165) is 9.87 Å². The van der Waals surface area contributed by atoms with Crippen molar-refractivity contribution in [2.45, 2.75) is 31.2 Å². The molecule has 0 aromatic heterocycles. The van der Waals surface area contributed by atoms with Crippen LogP contribution >= 0.6 is 11.6 Å². The third-order valence-electron chi connectivity index (χ3n) is 6.04. The largest absolute Gasteiger partial charge is 0.495 e. The number of ether oxygens (including phenoxy) is 1. The molecule has 2 amide bonds. The van der Waals surface area contributed by atoms with E-state index in [1.165, 1.54) is 36.3 Å². The molecule has 3 aromatic carbocycles. The number of carbonyl (C=O) groups excluding carboxylic acids is 2. The van der Waals surface area contributed by atoms with Crippen LogP contribution in [0.2, 0.25) is 5.02 Å². The lowest BCUT2D eigenvalue weighted by Crippen LogP contribution is -2.52. The number of likely N-dealkylation sites (N-methyl/N-ethyl adjacent to an activating group) is 1. The number of sulfonamides is 1. The summed E-state index contributed by atoms with van der Waals surface area (Å²) in [5, 5.41) is 2.94. The molecular weight excluding hydrogens is 526 g/mol. The topological polar surface area (TPSA) is 96.0 Å². The number of hydrogen-bond donors (Lipinski definition) is 1. The zero-order valence-electron chi connectivity index (χ0n) is 21.6. The maximum atomic E-state index is 13.8. The molecule has 0 fully saturated rings. The first kappa shape index (κ1) is 29.0. The Kier molecular flexibility index (Phi) is 10.2. The van der Waals surface area contributed by atoms with Gasteiger partial charge in [-0.15, -0.1) is 0 Å². The molecule has 0 unspecified atom stereocenters. The van der Waals surface area contributed by atoms with Crippen LogP contribution in [0, 0.1) is 0 Å². The molecule has 0 aliphatic heterocycles. The molecule has 3 rings (SSSR count). The van der Waals surface area contributed by atoms with Crippen molar-refractivity contribution in [1.29, 1.82) is 0 Å². The Morgan fingerprint density at radius 3 is 2.21 bits per heavy atom. The molecule has 0 radical (unpaired) electrons. The zero-order chi connectivity index (χ0) is 27.7. The average molecular weight is 558 g/mol. The SMILES string of the molecule is CCNC(=O)[C@@H](C)N(CCc1ccccc1)C(=O)CN(c1ccc(OC)c(Cl)c1)S(=O)(=O)c1ccccc1. The fraction of sp³-hybridized carbons (Fsp3) is 0.286. The first-order chi connectivity index (χ1) is 18.2. The Hall–Kier alpha value is -3.56.